The predicted molar refractivity (Wildman–Crippen MR) is 70.5 cm³/mol. The Morgan fingerprint density at radius 3 is 3.06 bits per heavy atom. The van der Waals surface area contributed by atoms with E-state index in [2.05, 4.69) is 15.6 Å². The molecule has 3 rings (SSSR count). The summed E-state index contributed by atoms with van der Waals surface area (Å²) in [4.78, 5) is 16.5. The van der Waals surface area contributed by atoms with Crippen molar-refractivity contribution < 1.29 is 4.79 Å². The van der Waals surface area contributed by atoms with Crippen LogP contribution in [0.2, 0.25) is 0 Å². The highest BCUT2D eigenvalue weighted by Gasteiger charge is 2.18. The summed E-state index contributed by atoms with van der Waals surface area (Å²) in [6, 6.07) is 9.77. The van der Waals surface area contributed by atoms with E-state index in [9.17, 15) is 4.79 Å². The van der Waals surface area contributed by atoms with E-state index in [0.717, 1.165) is 30.4 Å². The fraction of sp³-hybridized carbons (Fsp3) is 0.286. The van der Waals surface area contributed by atoms with Gasteiger partial charge in [0, 0.05) is 24.2 Å². The van der Waals surface area contributed by atoms with Gasteiger partial charge in [-0.25, -0.2) is 0 Å². The number of carbonyl (C=O) groups is 1. The Hall–Kier alpha value is -1.94. The molecule has 1 aliphatic rings. The van der Waals surface area contributed by atoms with Gasteiger partial charge in [0.15, 0.2) is 0 Å². The van der Waals surface area contributed by atoms with Gasteiger partial charge in [0.2, 0.25) is 0 Å². The van der Waals surface area contributed by atoms with Crippen LogP contribution >= 0.6 is 0 Å². The number of fused-ring (bicyclic) bond motifs is 1. The number of aromatic nitrogens is 1. The molecule has 4 nitrogen and oxygen atoms in total. The molecule has 4 heteroatoms. The van der Waals surface area contributed by atoms with Gasteiger partial charge in [0.1, 0.15) is 0 Å². The van der Waals surface area contributed by atoms with E-state index in [1.54, 1.807) is 6.20 Å². The quantitative estimate of drug-likeness (QED) is 0.834. The molecule has 1 fully saturated rings. The molecule has 0 saturated carbocycles. The third-order valence-corrected chi connectivity index (χ3v) is 3.27. The van der Waals surface area contributed by atoms with Crippen LogP contribution in [0.3, 0.4) is 0 Å². The Labute approximate surface area is 105 Å². The lowest BCUT2D eigenvalue weighted by atomic mass is 10.1. The highest BCUT2D eigenvalue weighted by Crippen LogP contribution is 2.16. The standard InChI is InChI=1S/C14H15N3O/c18-14(17-11-6-8-15-9-11)12-5-1-3-10-4-2-7-16-13(10)12/h1-5,7,11,15H,6,8-9H2,(H,17,18)/t11-/m0/s1. The van der Waals surface area contributed by atoms with Crippen LogP contribution in [-0.4, -0.2) is 30.0 Å². The first kappa shape index (κ1) is 11.2. The van der Waals surface area contributed by atoms with E-state index in [1.165, 1.54) is 0 Å². The zero-order chi connectivity index (χ0) is 12.4. The van der Waals surface area contributed by atoms with Gasteiger partial charge in [-0.15, -0.1) is 0 Å². The summed E-state index contributed by atoms with van der Waals surface area (Å²) in [6.07, 6.45) is 2.71. The van der Waals surface area contributed by atoms with E-state index in [1.807, 2.05) is 30.3 Å². The lowest BCUT2D eigenvalue weighted by molar-refractivity contribution is 0.0941. The molecule has 1 atom stereocenters. The van der Waals surface area contributed by atoms with Gasteiger partial charge in [-0.3, -0.25) is 9.78 Å². The van der Waals surface area contributed by atoms with Gasteiger partial charge in [-0.1, -0.05) is 18.2 Å². The van der Waals surface area contributed by atoms with Gasteiger partial charge in [-0.05, 0) is 25.1 Å². The highest BCUT2D eigenvalue weighted by molar-refractivity contribution is 6.05. The Bertz CT molecular complexity index is 571. The maximum atomic E-state index is 12.2. The molecule has 1 aliphatic heterocycles. The Kier molecular flexibility index (Phi) is 2.94. The van der Waals surface area contributed by atoms with Crippen molar-refractivity contribution in [3.63, 3.8) is 0 Å². The minimum absolute atomic E-state index is 0.0343. The van der Waals surface area contributed by atoms with E-state index in [-0.39, 0.29) is 11.9 Å². The van der Waals surface area contributed by atoms with E-state index >= 15 is 0 Å². The van der Waals surface area contributed by atoms with Crippen molar-refractivity contribution >= 4 is 16.8 Å². The fourth-order valence-electron chi connectivity index (χ4n) is 2.33. The van der Waals surface area contributed by atoms with Crippen LogP contribution < -0.4 is 10.6 Å². The number of benzene rings is 1. The maximum Gasteiger partial charge on any atom is 0.253 e. The van der Waals surface area contributed by atoms with Crippen molar-refractivity contribution in [2.75, 3.05) is 13.1 Å². The van der Waals surface area contributed by atoms with Crippen LogP contribution in [0.4, 0.5) is 0 Å². The van der Waals surface area contributed by atoms with Crippen LogP contribution in [0.5, 0.6) is 0 Å². The molecular formula is C14H15N3O. The number of nitrogens with zero attached hydrogens (tertiary/aromatic N) is 1. The highest BCUT2D eigenvalue weighted by atomic mass is 16.1. The average molecular weight is 241 g/mol. The molecule has 18 heavy (non-hydrogen) atoms. The minimum atomic E-state index is -0.0343. The molecule has 0 aliphatic carbocycles. The first-order valence-electron chi connectivity index (χ1n) is 6.20. The SMILES string of the molecule is O=C(N[C@H]1CCNC1)c1cccc2cccnc12. The topological polar surface area (TPSA) is 54.0 Å². The van der Waals surface area contributed by atoms with Crippen LogP contribution in [0, 0.1) is 0 Å². The molecule has 0 bridgehead atoms. The monoisotopic (exact) mass is 241 g/mol. The molecule has 1 saturated heterocycles. The van der Waals surface area contributed by atoms with Crippen LogP contribution in [0.25, 0.3) is 10.9 Å². The van der Waals surface area contributed by atoms with Gasteiger partial charge in [-0.2, -0.15) is 0 Å². The summed E-state index contributed by atoms with van der Waals surface area (Å²) in [7, 11) is 0. The van der Waals surface area contributed by atoms with Crippen molar-refractivity contribution in [2.45, 2.75) is 12.5 Å². The van der Waals surface area contributed by atoms with Crippen molar-refractivity contribution in [1.29, 1.82) is 0 Å². The summed E-state index contributed by atoms with van der Waals surface area (Å²) in [5.41, 5.74) is 1.42. The number of rotatable bonds is 2. The number of pyridine rings is 1. The number of hydrogen-bond donors (Lipinski definition) is 2. The predicted octanol–water partition coefficient (Wildman–Crippen LogP) is 1.33. The zero-order valence-corrected chi connectivity index (χ0v) is 10.0. The lowest BCUT2D eigenvalue weighted by Crippen LogP contribution is -2.36. The molecule has 1 amide bonds. The van der Waals surface area contributed by atoms with E-state index < -0.39 is 0 Å². The summed E-state index contributed by atoms with van der Waals surface area (Å²) >= 11 is 0. The molecule has 2 N–H and O–H groups in total. The lowest BCUT2D eigenvalue weighted by Gasteiger charge is -2.12. The number of nitrogens with one attached hydrogen (secondary N) is 2. The van der Waals surface area contributed by atoms with Crippen LogP contribution in [0.1, 0.15) is 16.8 Å². The van der Waals surface area contributed by atoms with Crippen molar-refractivity contribution in [3.05, 3.63) is 42.1 Å². The average Bonchev–Trinajstić information content (AvgIpc) is 2.91. The molecule has 0 unspecified atom stereocenters. The summed E-state index contributed by atoms with van der Waals surface area (Å²) in [5.74, 6) is -0.0343. The van der Waals surface area contributed by atoms with Crippen LogP contribution in [-0.2, 0) is 0 Å². The molecule has 92 valence electrons. The molecule has 2 heterocycles. The fourth-order valence-corrected chi connectivity index (χ4v) is 2.33. The Balaban J connectivity index is 1.91. The summed E-state index contributed by atoms with van der Waals surface area (Å²) < 4.78 is 0. The summed E-state index contributed by atoms with van der Waals surface area (Å²) in [5, 5.41) is 7.28. The van der Waals surface area contributed by atoms with Gasteiger partial charge in [0.25, 0.3) is 5.91 Å². The van der Waals surface area contributed by atoms with E-state index in [0.29, 0.717) is 5.56 Å². The minimum Gasteiger partial charge on any atom is -0.348 e. The first-order valence-corrected chi connectivity index (χ1v) is 6.20. The molecule has 1 aromatic carbocycles. The van der Waals surface area contributed by atoms with Crippen LogP contribution in [0.15, 0.2) is 36.5 Å². The van der Waals surface area contributed by atoms with Gasteiger partial charge >= 0.3 is 0 Å². The first-order chi connectivity index (χ1) is 8.84. The summed E-state index contributed by atoms with van der Waals surface area (Å²) in [6.45, 7) is 1.82. The molecule has 0 radical (unpaired) electrons. The second-order valence-electron chi connectivity index (χ2n) is 4.54. The molecular weight excluding hydrogens is 226 g/mol. The number of amides is 1. The Morgan fingerprint density at radius 1 is 1.33 bits per heavy atom. The van der Waals surface area contributed by atoms with Gasteiger partial charge < -0.3 is 10.6 Å². The number of hydrogen-bond acceptors (Lipinski definition) is 3. The van der Waals surface area contributed by atoms with Gasteiger partial charge in [0.05, 0.1) is 11.1 Å². The van der Waals surface area contributed by atoms with E-state index in [4.69, 9.17) is 0 Å². The Morgan fingerprint density at radius 2 is 2.22 bits per heavy atom. The van der Waals surface area contributed by atoms with Crippen molar-refractivity contribution in [3.8, 4) is 0 Å². The maximum absolute atomic E-state index is 12.2. The third kappa shape index (κ3) is 2.07. The number of carbonyl (C=O) groups excluding carboxylic acids is 1. The van der Waals surface area contributed by atoms with Crippen molar-refractivity contribution in [2.24, 2.45) is 0 Å². The largest absolute Gasteiger partial charge is 0.348 e. The second-order valence-corrected chi connectivity index (χ2v) is 4.54. The zero-order valence-electron chi connectivity index (χ0n) is 10.0. The normalized spacial score (nSPS) is 19.0. The number of para-hydroxylation sites is 1. The second kappa shape index (κ2) is 4.74. The molecule has 0 spiro atoms. The smallest absolute Gasteiger partial charge is 0.253 e. The molecule has 1 aromatic heterocycles. The third-order valence-electron chi connectivity index (χ3n) is 3.27. The van der Waals surface area contributed by atoms with Crippen molar-refractivity contribution in [1.82, 2.24) is 15.6 Å². The molecule has 2 aromatic rings.